The third kappa shape index (κ3) is 7.00. The highest BCUT2D eigenvalue weighted by Crippen LogP contribution is 2.28. The molecule has 1 aliphatic rings. The van der Waals surface area contributed by atoms with Gasteiger partial charge in [0.25, 0.3) is 0 Å². The second-order valence-corrected chi connectivity index (χ2v) is 7.75. The smallest absolute Gasteiger partial charge is 0.416 e. The normalized spacial score (nSPS) is 15.7. The minimum absolute atomic E-state index is 0.0123. The van der Waals surface area contributed by atoms with Gasteiger partial charge in [-0.05, 0) is 56.5 Å². The molecule has 1 N–H and O–H groups in total. The molecule has 0 bridgehead atoms. The molecule has 8 heteroatoms. The van der Waals surface area contributed by atoms with Gasteiger partial charge < -0.3 is 14.9 Å². The van der Waals surface area contributed by atoms with Crippen LogP contribution in [0.15, 0.2) is 48.5 Å². The number of likely N-dealkylation sites (tertiary alicyclic amines) is 1. The molecule has 0 aliphatic carbocycles. The minimum Gasteiger partial charge on any atom is -0.508 e. The number of nitrogens with zero attached hydrogens (tertiary/aromatic N) is 2. The average molecular weight is 451 g/mol. The van der Waals surface area contributed by atoms with Crippen LogP contribution in [-0.2, 0) is 22.3 Å². The molecule has 0 saturated carbocycles. The van der Waals surface area contributed by atoms with Crippen molar-refractivity contribution in [3.63, 3.8) is 0 Å². The van der Waals surface area contributed by atoms with Gasteiger partial charge in [-0.25, -0.2) is 0 Å². The van der Waals surface area contributed by atoms with Crippen LogP contribution in [0, 0.1) is 6.92 Å². The van der Waals surface area contributed by atoms with E-state index in [1.165, 1.54) is 19.1 Å². The molecular weight excluding hydrogens is 421 g/mol. The first-order valence-electron chi connectivity index (χ1n) is 10.5. The molecule has 2 aromatic rings. The predicted octanol–water partition coefficient (Wildman–Crippen LogP) is 4.77. The van der Waals surface area contributed by atoms with E-state index < -0.39 is 11.7 Å². The van der Waals surface area contributed by atoms with E-state index in [1.807, 2.05) is 19.1 Å². The maximum Gasteiger partial charge on any atom is 0.416 e. The zero-order valence-electron chi connectivity index (χ0n) is 18.5. The summed E-state index contributed by atoms with van der Waals surface area (Å²) in [6.07, 6.45) is -2.59. The van der Waals surface area contributed by atoms with E-state index in [1.54, 1.807) is 28.9 Å². The second-order valence-electron chi connectivity index (χ2n) is 7.75. The Balaban J connectivity index is 0.000000278. The summed E-state index contributed by atoms with van der Waals surface area (Å²) in [6.45, 7) is 6.97. The molecule has 3 rings (SSSR count). The van der Waals surface area contributed by atoms with Gasteiger partial charge in [-0.3, -0.25) is 9.59 Å². The topological polar surface area (TPSA) is 60.9 Å². The number of aryl methyl sites for hydroxylation is 1. The predicted molar refractivity (Wildman–Crippen MR) is 116 cm³/mol. The minimum atomic E-state index is -4.21. The zero-order chi connectivity index (χ0) is 23.9. The van der Waals surface area contributed by atoms with Crippen LogP contribution in [0.2, 0.25) is 0 Å². The number of carbonyl (C=O) groups excluding carboxylic acids is 2. The number of amides is 2. The van der Waals surface area contributed by atoms with Crippen molar-refractivity contribution in [1.29, 1.82) is 0 Å². The SMILES string of the molecule is CCN(Cc1ccc(O)cc1)C(=O)[C@H]1CCCN1C(C)=O.Cc1ccc(C(F)(F)F)cc1. The fourth-order valence-corrected chi connectivity index (χ4v) is 3.52. The molecule has 1 heterocycles. The second kappa shape index (κ2) is 11.0. The number of phenolic OH excluding ortho intramolecular Hbond substituents is 1. The summed E-state index contributed by atoms with van der Waals surface area (Å²) in [5.41, 5.74) is 1.21. The Morgan fingerprint density at radius 2 is 1.69 bits per heavy atom. The summed E-state index contributed by atoms with van der Waals surface area (Å²) < 4.78 is 35.8. The third-order valence-electron chi connectivity index (χ3n) is 5.32. The molecule has 1 atom stereocenters. The molecule has 5 nitrogen and oxygen atoms in total. The van der Waals surface area contributed by atoms with Crippen molar-refractivity contribution in [2.24, 2.45) is 0 Å². The Kier molecular flexibility index (Phi) is 8.69. The van der Waals surface area contributed by atoms with Crippen LogP contribution >= 0.6 is 0 Å². The largest absolute Gasteiger partial charge is 0.508 e. The van der Waals surface area contributed by atoms with Gasteiger partial charge in [-0.2, -0.15) is 13.2 Å². The standard InChI is InChI=1S/C16H22N2O3.C8H7F3/c1-3-17(11-13-6-8-14(20)9-7-13)16(21)15-5-4-10-18(15)12(2)19;1-6-2-4-7(5-3-6)8(9,10)11/h6-9,15,20H,3-5,10-11H2,1-2H3;2-5H,1H3/t15-;/m1./s1. The van der Waals surface area contributed by atoms with Crippen LogP contribution in [0.1, 0.15) is 43.4 Å². The number of rotatable bonds is 4. The molecular formula is C24H29F3N2O3. The van der Waals surface area contributed by atoms with E-state index in [0.29, 0.717) is 19.6 Å². The Labute approximate surface area is 186 Å². The molecule has 0 spiro atoms. The lowest BCUT2D eigenvalue weighted by Gasteiger charge is -2.29. The van der Waals surface area contributed by atoms with Crippen LogP contribution in [0.4, 0.5) is 13.2 Å². The van der Waals surface area contributed by atoms with Crippen LogP contribution in [0.25, 0.3) is 0 Å². The quantitative estimate of drug-likeness (QED) is 0.730. The van der Waals surface area contributed by atoms with E-state index >= 15 is 0 Å². The molecule has 0 aromatic heterocycles. The third-order valence-corrected chi connectivity index (χ3v) is 5.32. The van der Waals surface area contributed by atoms with Crippen molar-refractivity contribution >= 4 is 11.8 Å². The van der Waals surface area contributed by atoms with Crippen molar-refractivity contribution < 1.29 is 27.9 Å². The van der Waals surface area contributed by atoms with Gasteiger partial charge in [0.05, 0.1) is 5.56 Å². The number of benzene rings is 2. The highest BCUT2D eigenvalue weighted by atomic mass is 19.4. The fourth-order valence-electron chi connectivity index (χ4n) is 3.52. The van der Waals surface area contributed by atoms with Crippen LogP contribution in [0.3, 0.4) is 0 Å². The van der Waals surface area contributed by atoms with Crippen molar-refractivity contribution in [2.75, 3.05) is 13.1 Å². The molecule has 174 valence electrons. The van der Waals surface area contributed by atoms with E-state index in [-0.39, 0.29) is 23.6 Å². The first-order valence-corrected chi connectivity index (χ1v) is 10.5. The van der Waals surface area contributed by atoms with Crippen LogP contribution in [-0.4, -0.2) is 45.9 Å². The number of aromatic hydroxyl groups is 1. The molecule has 1 saturated heterocycles. The maximum atomic E-state index is 12.6. The number of hydrogen-bond donors (Lipinski definition) is 1. The van der Waals surface area contributed by atoms with Gasteiger partial charge in [-0.15, -0.1) is 0 Å². The van der Waals surface area contributed by atoms with Gasteiger partial charge in [0.2, 0.25) is 11.8 Å². The number of likely N-dealkylation sites (N-methyl/N-ethyl adjacent to an activating group) is 1. The van der Waals surface area contributed by atoms with E-state index in [4.69, 9.17) is 0 Å². The average Bonchev–Trinajstić information content (AvgIpc) is 3.23. The molecule has 32 heavy (non-hydrogen) atoms. The Hall–Kier alpha value is -3.03. The number of halogens is 3. The number of carbonyl (C=O) groups is 2. The van der Waals surface area contributed by atoms with Crippen molar-refractivity contribution in [1.82, 2.24) is 9.80 Å². The Bertz CT molecular complexity index is 896. The summed E-state index contributed by atoms with van der Waals surface area (Å²) in [7, 11) is 0. The first-order chi connectivity index (χ1) is 15.0. The Morgan fingerprint density at radius 3 is 2.19 bits per heavy atom. The lowest BCUT2D eigenvalue weighted by molar-refractivity contribution is -0.143. The molecule has 0 unspecified atom stereocenters. The summed E-state index contributed by atoms with van der Waals surface area (Å²) in [5, 5.41) is 9.30. The monoisotopic (exact) mass is 450 g/mol. The van der Waals surface area contributed by atoms with E-state index in [2.05, 4.69) is 0 Å². The highest BCUT2D eigenvalue weighted by molar-refractivity contribution is 5.87. The number of alkyl halides is 3. The lowest BCUT2D eigenvalue weighted by Crippen LogP contribution is -2.46. The molecule has 1 fully saturated rings. The summed E-state index contributed by atoms with van der Waals surface area (Å²) in [6, 6.07) is 11.6. The molecule has 1 aliphatic heterocycles. The van der Waals surface area contributed by atoms with Crippen LogP contribution in [0.5, 0.6) is 5.75 Å². The first kappa shape index (κ1) is 25.2. The zero-order valence-corrected chi connectivity index (χ0v) is 18.5. The van der Waals surface area contributed by atoms with Gasteiger partial charge in [-0.1, -0.05) is 29.8 Å². The van der Waals surface area contributed by atoms with Gasteiger partial charge in [0.1, 0.15) is 11.8 Å². The summed E-state index contributed by atoms with van der Waals surface area (Å²) >= 11 is 0. The van der Waals surface area contributed by atoms with Crippen molar-refractivity contribution in [3.8, 4) is 5.75 Å². The van der Waals surface area contributed by atoms with Gasteiger partial charge in [0, 0.05) is 26.6 Å². The molecule has 2 amide bonds. The van der Waals surface area contributed by atoms with Crippen molar-refractivity contribution in [2.45, 2.75) is 52.4 Å². The molecule has 0 radical (unpaired) electrons. The highest BCUT2D eigenvalue weighted by Gasteiger charge is 2.34. The Morgan fingerprint density at radius 1 is 1.09 bits per heavy atom. The molecule has 2 aromatic carbocycles. The van der Waals surface area contributed by atoms with Crippen molar-refractivity contribution in [3.05, 3.63) is 65.2 Å². The van der Waals surface area contributed by atoms with Gasteiger partial charge in [0.15, 0.2) is 0 Å². The van der Waals surface area contributed by atoms with E-state index in [0.717, 1.165) is 36.1 Å². The fraction of sp³-hybridized carbons (Fsp3) is 0.417. The summed E-state index contributed by atoms with van der Waals surface area (Å²) in [5.74, 6) is 0.191. The number of hydrogen-bond acceptors (Lipinski definition) is 3. The lowest BCUT2D eigenvalue weighted by atomic mass is 10.1. The summed E-state index contributed by atoms with van der Waals surface area (Å²) in [4.78, 5) is 27.7. The van der Waals surface area contributed by atoms with Gasteiger partial charge >= 0.3 is 6.18 Å². The number of phenols is 1. The van der Waals surface area contributed by atoms with Crippen LogP contribution < -0.4 is 0 Å². The maximum absolute atomic E-state index is 12.6. The van der Waals surface area contributed by atoms with E-state index in [9.17, 15) is 27.9 Å².